The fourth-order valence-electron chi connectivity index (χ4n) is 2.26. The average molecular weight is 339 g/mol. The molecule has 1 amide bonds. The molecule has 1 atom stereocenters. The third-order valence-corrected chi connectivity index (χ3v) is 4.67. The minimum atomic E-state index is -0.202. The Morgan fingerprint density at radius 1 is 1.21 bits per heavy atom. The number of phenols is 1. The molecule has 1 saturated heterocycles. The molecule has 0 bridgehead atoms. The van der Waals surface area contributed by atoms with Crippen molar-refractivity contribution < 1.29 is 9.90 Å². The van der Waals surface area contributed by atoms with Crippen molar-refractivity contribution in [2.75, 3.05) is 0 Å². The van der Waals surface area contributed by atoms with Crippen molar-refractivity contribution in [2.45, 2.75) is 18.6 Å². The summed E-state index contributed by atoms with van der Waals surface area (Å²) in [6.45, 7) is 2.04. The number of rotatable bonds is 4. The fraction of sp³-hybridized carbons (Fsp3) is 0.167. The molecular formula is C18H17N3O2S. The zero-order chi connectivity index (χ0) is 16.9. The zero-order valence-corrected chi connectivity index (χ0v) is 14.0. The first-order chi connectivity index (χ1) is 11.6. The number of aromatic hydroxyl groups is 1. The maximum Gasteiger partial charge on any atom is 0.239 e. The quantitative estimate of drug-likeness (QED) is 0.664. The predicted molar refractivity (Wildman–Crippen MR) is 97.5 cm³/mol. The largest absolute Gasteiger partial charge is 0.507 e. The van der Waals surface area contributed by atoms with Gasteiger partial charge in [-0.2, -0.15) is 5.10 Å². The molecule has 5 nitrogen and oxygen atoms in total. The molecule has 0 aliphatic carbocycles. The minimum absolute atomic E-state index is 0.0583. The van der Waals surface area contributed by atoms with Crippen LogP contribution < -0.4 is 5.32 Å². The van der Waals surface area contributed by atoms with Crippen molar-refractivity contribution in [3.8, 4) is 5.75 Å². The Bertz CT molecular complexity index is 800. The van der Waals surface area contributed by atoms with E-state index in [1.54, 1.807) is 24.3 Å². The molecule has 0 saturated carbocycles. The summed E-state index contributed by atoms with van der Waals surface area (Å²) >= 11 is 1.37. The van der Waals surface area contributed by atoms with Gasteiger partial charge in [0.25, 0.3) is 0 Å². The maximum absolute atomic E-state index is 12.0. The Morgan fingerprint density at radius 2 is 1.96 bits per heavy atom. The van der Waals surface area contributed by atoms with Gasteiger partial charge in [0.1, 0.15) is 5.75 Å². The van der Waals surface area contributed by atoms with Gasteiger partial charge in [-0.3, -0.25) is 4.79 Å². The van der Waals surface area contributed by atoms with Gasteiger partial charge in [0.2, 0.25) is 5.91 Å². The lowest BCUT2D eigenvalue weighted by Crippen LogP contribution is -2.25. The lowest BCUT2D eigenvalue weighted by molar-refractivity contribution is -0.118. The fourth-order valence-corrected chi connectivity index (χ4v) is 3.23. The number of hydrogen-bond acceptors (Lipinski definition) is 5. The van der Waals surface area contributed by atoms with Crippen molar-refractivity contribution in [3.05, 3.63) is 65.2 Å². The second-order valence-corrected chi connectivity index (χ2v) is 6.69. The van der Waals surface area contributed by atoms with Crippen LogP contribution in [0.2, 0.25) is 0 Å². The van der Waals surface area contributed by atoms with Crippen LogP contribution in [0.15, 0.2) is 58.7 Å². The Hall–Kier alpha value is -2.60. The van der Waals surface area contributed by atoms with E-state index in [9.17, 15) is 9.90 Å². The Balaban J connectivity index is 1.63. The van der Waals surface area contributed by atoms with E-state index in [2.05, 4.69) is 15.5 Å². The maximum atomic E-state index is 12.0. The first-order valence-corrected chi connectivity index (χ1v) is 8.42. The molecule has 3 rings (SSSR count). The van der Waals surface area contributed by atoms with Crippen molar-refractivity contribution in [1.29, 1.82) is 0 Å². The molecule has 1 fully saturated rings. The molecule has 2 aromatic rings. The van der Waals surface area contributed by atoms with Crippen LogP contribution in [-0.4, -0.2) is 27.6 Å². The van der Waals surface area contributed by atoms with Gasteiger partial charge in [-0.15, -0.1) is 5.10 Å². The highest BCUT2D eigenvalue weighted by atomic mass is 32.2. The van der Waals surface area contributed by atoms with Gasteiger partial charge in [-0.1, -0.05) is 53.7 Å². The molecule has 0 aromatic heterocycles. The van der Waals surface area contributed by atoms with Gasteiger partial charge in [0, 0.05) is 5.56 Å². The second kappa shape index (κ2) is 7.31. The number of nitrogens with one attached hydrogen (secondary N) is 1. The molecule has 0 unspecified atom stereocenters. The van der Waals surface area contributed by atoms with E-state index in [0.717, 1.165) is 5.56 Å². The van der Waals surface area contributed by atoms with Gasteiger partial charge >= 0.3 is 0 Å². The third kappa shape index (κ3) is 4.02. The third-order valence-electron chi connectivity index (χ3n) is 3.60. The topological polar surface area (TPSA) is 74.1 Å². The highest BCUT2D eigenvalue weighted by Gasteiger charge is 2.30. The predicted octanol–water partition coefficient (Wildman–Crippen LogP) is 2.86. The summed E-state index contributed by atoms with van der Waals surface area (Å²) < 4.78 is 0. The van der Waals surface area contributed by atoms with Crippen LogP contribution in [0.25, 0.3) is 0 Å². The van der Waals surface area contributed by atoms with Crippen LogP contribution in [0.5, 0.6) is 5.75 Å². The summed E-state index contributed by atoms with van der Waals surface area (Å²) in [6, 6.07) is 15.0. The van der Waals surface area contributed by atoms with Crippen LogP contribution >= 0.6 is 11.8 Å². The van der Waals surface area contributed by atoms with E-state index in [1.807, 2.05) is 31.2 Å². The molecule has 24 heavy (non-hydrogen) atoms. The first-order valence-electron chi connectivity index (χ1n) is 7.54. The van der Waals surface area contributed by atoms with Gasteiger partial charge in [0.05, 0.1) is 11.5 Å². The van der Waals surface area contributed by atoms with Crippen molar-refractivity contribution in [2.24, 2.45) is 10.2 Å². The summed E-state index contributed by atoms with van der Waals surface area (Å²) in [5.74, 6) is 0.0823. The summed E-state index contributed by atoms with van der Waals surface area (Å²) in [4.78, 5) is 12.0. The summed E-state index contributed by atoms with van der Waals surface area (Å²) in [6.07, 6.45) is 2.11. The number of benzene rings is 2. The van der Waals surface area contributed by atoms with Crippen molar-refractivity contribution >= 4 is 29.1 Å². The molecule has 1 aliphatic rings. The number of carbonyl (C=O) groups excluding carboxylic acids is 1. The van der Waals surface area contributed by atoms with Gasteiger partial charge in [0.15, 0.2) is 5.17 Å². The molecular weight excluding hydrogens is 322 g/mol. The van der Waals surface area contributed by atoms with Crippen molar-refractivity contribution in [3.63, 3.8) is 0 Å². The van der Waals surface area contributed by atoms with E-state index in [-0.39, 0.29) is 16.9 Å². The van der Waals surface area contributed by atoms with E-state index < -0.39 is 0 Å². The van der Waals surface area contributed by atoms with Gasteiger partial charge < -0.3 is 10.4 Å². The standard InChI is InChI=1S/C18H17N3O2S/c1-12-6-8-13(9-7-12)10-16-17(23)20-18(24-16)21-19-11-14-4-2-3-5-15(14)22/h2-9,11,16,22H,10H2,1H3,(H,20,21,23)/b19-11-/t16-/m1/s1. The van der Waals surface area contributed by atoms with Crippen LogP contribution in [0.3, 0.4) is 0 Å². The van der Waals surface area contributed by atoms with Crippen LogP contribution in [0.1, 0.15) is 16.7 Å². The number of aryl methyl sites for hydroxylation is 1. The van der Waals surface area contributed by atoms with E-state index in [0.29, 0.717) is 17.2 Å². The molecule has 1 heterocycles. The molecule has 122 valence electrons. The number of carbonyl (C=O) groups is 1. The molecule has 0 radical (unpaired) electrons. The molecule has 0 spiro atoms. The SMILES string of the molecule is Cc1ccc(C[C@H]2S/C(=N/N=C\c3ccccc3O)NC2=O)cc1. The molecule has 6 heteroatoms. The molecule has 2 N–H and O–H groups in total. The number of nitrogens with zero attached hydrogens (tertiary/aromatic N) is 2. The van der Waals surface area contributed by atoms with Crippen LogP contribution in [0, 0.1) is 6.92 Å². The number of amidine groups is 1. The van der Waals surface area contributed by atoms with Crippen LogP contribution in [-0.2, 0) is 11.2 Å². The number of phenolic OH excluding ortho intramolecular Hbond substituents is 1. The first kappa shape index (κ1) is 16.3. The monoisotopic (exact) mass is 339 g/mol. The van der Waals surface area contributed by atoms with Crippen LogP contribution in [0.4, 0.5) is 0 Å². The number of para-hydroxylation sites is 1. The lowest BCUT2D eigenvalue weighted by Gasteiger charge is -2.05. The smallest absolute Gasteiger partial charge is 0.239 e. The lowest BCUT2D eigenvalue weighted by atomic mass is 10.1. The highest BCUT2D eigenvalue weighted by molar-refractivity contribution is 8.15. The number of hydrogen-bond donors (Lipinski definition) is 2. The van der Waals surface area contributed by atoms with E-state index >= 15 is 0 Å². The minimum Gasteiger partial charge on any atom is -0.507 e. The Labute approximate surface area is 144 Å². The van der Waals surface area contributed by atoms with Gasteiger partial charge in [-0.25, -0.2) is 0 Å². The average Bonchev–Trinajstić information content (AvgIpc) is 2.91. The van der Waals surface area contributed by atoms with Crippen molar-refractivity contribution in [1.82, 2.24) is 5.32 Å². The molecule has 1 aliphatic heterocycles. The Morgan fingerprint density at radius 3 is 2.71 bits per heavy atom. The number of amides is 1. The Kier molecular flexibility index (Phi) is 4.96. The number of thioether (sulfide) groups is 1. The summed E-state index contributed by atoms with van der Waals surface area (Å²) in [5, 5.41) is 20.6. The zero-order valence-electron chi connectivity index (χ0n) is 13.1. The van der Waals surface area contributed by atoms with Gasteiger partial charge in [-0.05, 0) is 31.0 Å². The second-order valence-electron chi connectivity index (χ2n) is 5.49. The highest BCUT2D eigenvalue weighted by Crippen LogP contribution is 2.23. The van der Waals surface area contributed by atoms with E-state index in [1.165, 1.54) is 23.5 Å². The summed E-state index contributed by atoms with van der Waals surface area (Å²) in [5.41, 5.74) is 2.89. The normalized spacial score (nSPS) is 19.1. The summed E-state index contributed by atoms with van der Waals surface area (Å²) in [7, 11) is 0. The van der Waals surface area contributed by atoms with E-state index in [4.69, 9.17) is 0 Å². The molecule has 2 aromatic carbocycles.